The van der Waals surface area contributed by atoms with Crippen molar-refractivity contribution in [1.82, 2.24) is 9.88 Å². The average molecular weight is 348 g/mol. The highest BCUT2D eigenvalue weighted by atomic mass is 16.5. The summed E-state index contributed by atoms with van der Waals surface area (Å²) in [6.07, 6.45) is 2.95. The molecular weight excluding hydrogens is 328 g/mol. The molecule has 1 aromatic heterocycles. The minimum Gasteiger partial charge on any atom is -0.444 e. The number of morpholine rings is 1. The molecule has 0 bridgehead atoms. The van der Waals surface area contributed by atoms with Crippen molar-refractivity contribution in [2.45, 2.75) is 19.1 Å². The monoisotopic (exact) mass is 348 g/mol. The summed E-state index contributed by atoms with van der Waals surface area (Å²) in [5.41, 5.74) is 2.66. The van der Waals surface area contributed by atoms with Crippen LogP contribution in [0.15, 0.2) is 71.6 Å². The second-order valence-corrected chi connectivity index (χ2v) is 6.50. The lowest BCUT2D eigenvalue weighted by atomic mass is 10.0. The molecule has 3 aromatic rings. The van der Waals surface area contributed by atoms with Crippen molar-refractivity contribution in [3.8, 4) is 11.3 Å². The molecule has 0 radical (unpaired) electrons. The molecule has 1 aliphatic heterocycles. The van der Waals surface area contributed by atoms with Crippen molar-refractivity contribution >= 4 is 5.91 Å². The van der Waals surface area contributed by atoms with Crippen molar-refractivity contribution in [3.05, 3.63) is 78.3 Å². The highest BCUT2D eigenvalue weighted by Crippen LogP contribution is 2.26. The van der Waals surface area contributed by atoms with Crippen LogP contribution in [-0.2, 0) is 4.74 Å². The zero-order chi connectivity index (χ0) is 17.9. The van der Waals surface area contributed by atoms with Gasteiger partial charge in [0.15, 0.2) is 12.2 Å². The second-order valence-electron chi connectivity index (χ2n) is 6.50. The molecule has 2 atom stereocenters. The molecule has 0 unspecified atom stereocenters. The van der Waals surface area contributed by atoms with Crippen LogP contribution in [0, 0.1) is 0 Å². The molecule has 1 amide bonds. The maximum atomic E-state index is 13.0. The Morgan fingerprint density at radius 3 is 2.54 bits per heavy atom. The summed E-state index contributed by atoms with van der Waals surface area (Å²) in [6.45, 7) is 3.14. The Hall–Kier alpha value is -2.92. The van der Waals surface area contributed by atoms with Gasteiger partial charge < -0.3 is 14.1 Å². The summed E-state index contributed by atoms with van der Waals surface area (Å²) in [6, 6.07) is 17.5. The van der Waals surface area contributed by atoms with Gasteiger partial charge in [-0.05, 0) is 24.6 Å². The predicted molar refractivity (Wildman–Crippen MR) is 97.6 cm³/mol. The Balaban J connectivity index is 1.51. The zero-order valence-electron chi connectivity index (χ0n) is 14.5. The number of hydrogen-bond acceptors (Lipinski definition) is 4. The fourth-order valence-corrected chi connectivity index (χ4v) is 3.29. The van der Waals surface area contributed by atoms with Crippen LogP contribution in [0.4, 0.5) is 0 Å². The van der Waals surface area contributed by atoms with E-state index in [1.165, 1.54) is 6.39 Å². The van der Waals surface area contributed by atoms with Crippen LogP contribution >= 0.6 is 0 Å². The van der Waals surface area contributed by atoms with E-state index in [1.807, 2.05) is 66.4 Å². The first kappa shape index (κ1) is 16.5. The third-order valence-corrected chi connectivity index (χ3v) is 4.57. The lowest BCUT2D eigenvalue weighted by molar-refractivity contribution is -0.0691. The fourth-order valence-electron chi connectivity index (χ4n) is 3.29. The van der Waals surface area contributed by atoms with Gasteiger partial charge in [-0.15, -0.1) is 0 Å². The number of oxazole rings is 1. The largest absolute Gasteiger partial charge is 0.444 e. The maximum absolute atomic E-state index is 13.0. The molecule has 2 aromatic carbocycles. The molecule has 132 valence electrons. The van der Waals surface area contributed by atoms with E-state index in [9.17, 15) is 4.79 Å². The number of carbonyl (C=O) groups is 1. The van der Waals surface area contributed by atoms with E-state index in [2.05, 4.69) is 4.98 Å². The molecule has 1 aliphatic rings. The first-order valence-corrected chi connectivity index (χ1v) is 8.69. The van der Waals surface area contributed by atoms with Gasteiger partial charge in [-0.1, -0.05) is 42.5 Å². The molecule has 2 heterocycles. The molecule has 4 rings (SSSR count). The molecule has 0 saturated carbocycles. The average Bonchev–Trinajstić information content (AvgIpc) is 3.22. The van der Waals surface area contributed by atoms with Gasteiger partial charge in [-0.25, -0.2) is 4.98 Å². The normalized spacial score (nSPS) is 20.1. The Morgan fingerprint density at radius 2 is 1.85 bits per heavy atom. The summed E-state index contributed by atoms with van der Waals surface area (Å²) >= 11 is 0. The van der Waals surface area contributed by atoms with Gasteiger partial charge in [0.1, 0.15) is 6.10 Å². The molecular formula is C21H20N2O3. The van der Waals surface area contributed by atoms with Crippen LogP contribution in [0.1, 0.15) is 28.9 Å². The number of carbonyl (C=O) groups excluding carboxylic acids is 1. The van der Waals surface area contributed by atoms with Gasteiger partial charge >= 0.3 is 0 Å². The Morgan fingerprint density at radius 1 is 1.08 bits per heavy atom. The van der Waals surface area contributed by atoms with Crippen LogP contribution in [0.5, 0.6) is 0 Å². The summed E-state index contributed by atoms with van der Waals surface area (Å²) in [5, 5.41) is 0. The van der Waals surface area contributed by atoms with E-state index < -0.39 is 0 Å². The van der Waals surface area contributed by atoms with Crippen molar-refractivity contribution in [2.24, 2.45) is 0 Å². The minimum absolute atomic E-state index is 0.00799. The predicted octanol–water partition coefficient (Wildman–Crippen LogP) is 3.94. The maximum Gasteiger partial charge on any atom is 0.254 e. The summed E-state index contributed by atoms with van der Waals surface area (Å²) in [5.74, 6) is 0.707. The van der Waals surface area contributed by atoms with E-state index >= 15 is 0 Å². The first-order valence-electron chi connectivity index (χ1n) is 8.69. The zero-order valence-corrected chi connectivity index (χ0v) is 14.5. The number of ether oxygens (including phenoxy) is 1. The highest BCUT2D eigenvalue weighted by molar-refractivity contribution is 5.94. The van der Waals surface area contributed by atoms with Gasteiger partial charge in [0.05, 0.1) is 18.8 Å². The van der Waals surface area contributed by atoms with Crippen LogP contribution in [0.3, 0.4) is 0 Å². The van der Waals surface area contributed by atoms with E-state index in [0.29, 0.717) is 24.4 Å². The fraction of sp³-hybridized carbons (Fsp3) is 0.238. The van der Waals surface area contributed by atoms with Crippen LogP contribution in [0.2, 0.25) is 0 Å². The summed E-state index contributed by atoms with van der Waals surface area (Å²) in [4.78, 5) is 18.7. The number of benzene rings is 2. The third kappa shape index (κ3) is 3.39. The van der Waals surface area contributed by atoms with E-state index in [-0.39, 0.29) is 18.1 Å². The summed E-state index contributed by atoms with van der Waals surface area (Å²) < 4.78 is 11.3. The van der Waals surface area contributed by atoms with E-state index in [1.54, 1.807) is 6.20 Å². The molecule has 0 spiro atoms. The van der Waals surface area contributed by atoms with Gasteiger partial charge in [0.25, 0.3) is 5.91 Å². The van der Waals surface area contributed by atoms with Crippen molar-refractivity contribution in [2.75, 3.05) is 13.1 Å². The van der Waals surface area contributed by atoms with E-state index in [4.69, 9.17) is 9.15 Å². The molecule has 0 N–H and O–H groups in total. The Labute approximate surface area is 152 Å². The van der Waals surface area contributed by atoms with E-state index in [0.717, 1.165) is 11.1 Å². The molecule has 1 fully saturated rings. The van der Waals surface area contributed by atoms with Gasteiger partial charge in [0.2, 0.25) is 0 Å². The minimum atomic E-state index is -0.0997. The van der Waals surface area contributed by atoms with Gasteiger partial charge in [-0.3, -0.25) is 4.79 Å². The molecule has 5 heteroatoms. The Bertz CT molecular complexity index is 860. The molecule has 1 saturated heterocycles. The number of hydrogen-bond donors (Lipinski definition) is 0. The Kier molecular flexibility index (Phi) is 4.54. The smallest absolute Gasteiger partial charge is 0.254 e. The first-order chi connectivity index (χ1) is 12.7. The summed E-state index contributed by atoms with van der Waals surface area (Å²) in [7, 11) is 0. The molecule has 5 nitrogen and oxygen atoms in total. The molecule has 0 aliphatic carbocycles. The number of aromatic nitrogens is 1. The lowest BCUT2D eigenvalue weighted by Crippen LogP contribution is -2.45. The van der Waals surface area contributed by atoms with Crippen LogP contribution < -0.4 is 0 Å². The van der Waals surface area contributed by atoms with Crippen molar-refractivity contribution in [1.29, 1.82) is 0 Å². The number of nitrogens with zero attached hydrogens (tertiary/aromatic N) is 2. The van der Waals surface area contributed by atoms with Crippen molar-refractivity contribution < 1.29 is 13.9 Å². The lowest BCUT2D eigenvalue weighted by Gasteiger charge is -2.37. The number of amides is 1. The topological polar surface area (TPSA) is 55.6 Å². The van der Waals surface area contributed by atoms with Crippen molar-refractivity contribution in [3.63, 3.8) is 0 Å². The third-order valence-electron chi connectivity index (χ3n) is 4.57. The SMILES string of the molecule is C[C@H]1CN(C(=O)c2ccc(-c3cnco3)cc2)C[C@@H](c2ccccc2)O1. The van der Waals surface area contributed by atoms with Gasteiger partial charge in [0, 0.05) is 17.7 Å². The second kappa shape index (κ2) is 7.14. The highest BCUT2D eigenvalue weighted by Gasteiger charge is 2.29. The van der Waals surface area contributed by atoms with Crippen LogP contribution in [0.25, 0.3) is 11.3 Å². The van der Waals surface area contributed by atoms with Crippen LogP contribution in [-0.4, -0.2) is 35.0 Å². The van der Waals surface area contributed by atoms with Gasteiger partial charge in [-0.2, -0.15) is 0 Å². The number of rotatable bonds is 3. The molecule has 26 heavy (non-hydrogen) atoms. The quantitative estimate of drug-likeness (QED) is 0.719. The standard InChI is InChI=1S/C21H20N2O3/c1-15-12-23(13-20(26-15)16-5-3-2-4-6-16)21(24)18-9-7-17(8-10-18)19-11-22-14-25-19/h2-11,14-15,20H,12-13H2,1H3/t15-,20-/m0/s1.